The Hall–Kier alpha value is -2.73. The summed E-state index contributed by atoms with van der Waals surface area (Å²) in [7, 11) is 0. The van der Waals surface area contributed by atoms with Crippen LogP contribution >= 0.6 is 57.9 Å². The predicted molar refractivity (Wildman–Crippen MR) is 154 cm³/mol. The fourth-order valence-corrected chi connectivity index (χ4v) is 5.78. The maximum Gasteiger partial charge on any atom is 0.234 e. The Kier molecular flexibility index (Phi) is 8.45. The lowest BCUT2D eigenvalue weighted by molar-refractivity contribution is -0.113. The molecule has 0 aliphatic carbocycles. The van der Waals surface area contributed by atoms with Gasteiger partial charge in [0.25, 0.3) is 0 Å². The Labute approximate surface area is 232 Å². The highest BCUT2D eigenvalue weighted by Crippen LogP contribution is 2.36. The predicted octanol–water partition coefficient (Wildman–Crippen LogP) is 8.55. The van der Waals surface area contributed by atoms with Crippen molar-refractivity contribution in [2.24, 2.45) is 0 Å². The molecular weight excluding hydrogens is 555 g/mol. The number of anilines is 2. The second-order valence-corrected chi connectivity index (χ2v) is 10.9. The van der Waals surface area contributed by atoms with E-state index in [9.17, 15) is 10.1 Å². The summed E-state index contributed by atoms with van der Waals surface area (Å²) in [6.45, 7) is 3.71. The topological polar surface area (TPSA) is 77.8 Å². The third kappa shape index (κ3) is 5.80. The lowest BCUT2D eigenvalue weighted by Crippen LogP contribution is -2.16. The number of aryl methyl sites for hydroxylation is 1. The smallest absolute Gasteiger partial charge is 0.234 e. The van der Waals surface area contributed by atoms with E-state index >= 15 is 0 Å². The molecule has 0 fully saturated rings. The van der Waals surface area contributed by atoms with E-state index in [1.807, 2.05) is 50.2 Å². The number of thiazole rings is 1. The van der Waals surface area contributed by atoms with Crippen LogP contribution in [0.3, 0.4) is 0 Å². The van der Waals surface area contributed by atoms with Gasteiger partial charge in [-0.15, -0.1) is 11.3 Å². The molecule has 0 spiro atoms. The van der Waals surface area contributed by atoms with Crippen molar-refractivity contribution >= 4 is 91.0 Å². The van der Waals surface area contributed by atoms with E-state index in [1.54, 1.807) is 18.2 Å². The fourth-order valence-electron chi connectivity index (χ4n) is 3.30. The van der Waals surface area contributed by atoms with Gasteiger partial charge in [0, 0.05) is 10.7 Å². The summed E-state index contributed by atoms with van der Waals surface area (Å²) in [5, 5.41) is 18.6. The lowest BCUT2D eigenvalue weighted by Gasteiger charge is -2.16. The van der Waals surface area contributed by atoms with Crippen LogP contribution in [-0.4, -0.2) is 16.6 Å². The van der Waals surface area contributed by atoms with E-state index in [-0.39, 0.29) is 11.7 Å². The molecule has 0 bridgehead atoms. The van der Waals surface area contributed by atoms with Crippen molar-refractivity contribution < 1.29 is 4.79 Å². The number of aromatic nitrogens is 1. The summed E-state index contributed by atoms with van der Waals surface area (Å²) in [6, 6.07) is 18.9. The van der Waals surface area contributed by atoms with Crippen molar-refractivity contribution in [2.75, 3.05) is 16.4 Å². The second-order valence-electron chi connectivity index (χ2n) is 7.73. The molecule has 1 heterocycles. The SMILES string of the molecule is Cc1ccc(Cl)c(NC(=O)CS/C(Nc2cccc(Cl)c2C)=C(/C#N)c2nc3ccccc3s2)c1Cl. The summed E-state index contributed by atoms with van der Waals surface area (Å²) >= 11 is 21.5. The van der Waals surface area contributed by atoms with Gasteiger partial charge in [0.15, 0.2) is 0 Å². The number of hydrogen-bond acceptors (Lipinski definition) is 6. The van der Waals surface area contributed by atoms with Gasteiger partial charge in [0.05, 0.1) is 36.7 Å². The molecule has 2 N–H and O–H groups in total. The number of nitrogens with one attached hydrogen (secondary N) is 2. The van der Waals surface area contributed by atoms with Gasteiger partial charge in [0.1, 0.15) is 16.6 Å². The van der Waals surface area contributed by atoms with Crippen LogP contribution in [0.2, 0.25) is 15.1 Å². The summed E-state index contributed by atoms with van der Waals surface area (Å²) in [4.78, 5) is 17.5. The number of halogens is 3. The average Bonchev–Trinajstić information content (AvgIpc) is 3.29. The largest absolute Gasteiger partial charge is 0.349 e. The first kappa shape index (κ1) is 26.3. The molecule has 1 amide bonds. The third-order valence-electron chi connectivity index (χ3n) is 5.26. The number of hydrogen-bond donors (Lipinski definition) is 2. The van der Waals surface area contributed by atoms with Crippen molar-refractivity contribution in [1.29, 1.82) is 5.26 Å². The highest BCUT2D eigenvalue weighted by atomic mass is 35.5. The Morgan fingerprint density at radius 1 is 1.03 bits per heavy atom. The lowest BCUT2D eigenvalue weighted by atomic mass is 10.2. The maximum absolute atomic E-state index is 12.9. The number of amides is 1. The van der Waals surface area contributed by atoms with E-state index in [2.05, 4.69) is 21.7 Å². The number of thioether (sulfide) groups is 1. The van der Waals surface area contributed by atoms with Crippen molar-refractivity contribution in [1.82, 2.24) is 4.98 Å². The molecule has 3 aromatic carbocycles. The van der Waals surface area contributed by atoms with Crippen LogP contribution in [0.4, 0.5) is 11.4 Å². The molecule has 0 aliphatic rings. The standard InChI is InChI=1S/C26H19Cl3N4OS2/c1-14-10-11-18(28)24(23(14)29)33-22(34)13-35-25(31-19-8-5-6-17(27)15(19)2)16(12-30)26-32-20-7-3-4-9-21(20)36-26/h3-11,31H,13H2,1-2H3,(H,33,34)/b25-16-. The van der Waals surface area contributed by atoms with Crippen LogP contribution in [0, 0.1) is 25.2 Å². The van der Waals surface area contributed by atoms with E-state index < -0.39 is 0 Å². The minimum absolute atomic E-state index is 0.00137. The Morgan fingerprint density at radius 3 is 2.56 bits per heavy atom. The van der Waals surface area contributed by atoms with Crippen LogP contribution in [-0.2, 0) is 4.79 Å². The average molecular weight is 574 g/mol. The number of nitrogens with zero attached hydrogens (tertiary/aromatic N) is 2. The Bertz CT molecular complexity index is 1510. The minimum Gasteiger partial charge on any atom is -0.349 e. The van der Waals surface area contributed by atoms with Crippen LogP contribution < -0.4 is 10.6 Å². The molecule has 0 aliphatic heterocycles. The zero-order valence-electron chi connectivity index (χ0n) is 19.2. The number of rotatable bonds is 7. The Morgan fingerprint density at radius 2 is 1.81 bits per heavy atom. The van der Waals surface area contributed by atoms with Crippen molar-refractivity contribution in [3.05, 3.63) is 90.8 Å². The number of benzene rings is 3. The maximum atomic E-state index is 12.9. The molecule has 5 nitrogen and oxygen atoms in total. The number of carbonyl (C=O) groups excluding carboxylic acids is 1. The first-order chi connectivity index (χ1) is 17.3. The molecule has 0 saturated heterocycles. The second kappa shape index (κ2) is 11.5. The first-order valence-corrected chi connectivity index (χ1v) is 13.6. The summed E-state index contributed by atoms with van der Waals surface area (Å²) in [5.41, 5.74) is 3.84. The van der Waals surface area contributed by atoms with Crippen LogP contribution in [0.5, 0.6) is 0 Å². The number of fused-ring (bicyclic) bond motifs is 1. The van der Waals surface area contributed by atoms with E-state index in [0.717, 1.165) is 27.0 Å². The number of para-hydroxylation sites is 1. The van der Waals surface area contributed by atoms with E-state index in [0.29, 0.717) is 36.4 Å². The molecule has 0 atom stereocenters. The van der Waals surface area contributed by atoms with Crippen molar-refractivity contribution in [3.8, 4) is 6.07 Å². The van der Waals surface area contributed by atoms with Gasteiger partial charge in [-0.3, -0.25) is 4.79 Å². The van der Waals surface area contributed by atoms with Gasteiger partial charge >= 0.3 is 0 Å². The van der Waals surface area contributed by atoms with E-state index in [1.165, 1.54) is 23.1 Å². The summed E-state index contributed by atoms with van der Waals surface area (Å²) in [6.07, 6.45) is 0. The molecule has 10 heteroatoms. The van der Waals surface area contributed by atoms with Gasteiger partial charge in [-0.05, 0) is 55.3 Å². The van der Waals surface area contributed by atoms with Crippen LogP contribution in [0.15, 0.2) is 59.6 Å². The minimum atomic E-state index is -0.321. The van der Waals surface area contributed by atoms with Gasteiger partial charge in [0.2, 0.25) is 5.91 Å². The zero-order valence-corrected chi connectivity index (χ0v) is 23.1. The summed E-state index contributed by atoms with van der Waals surface area (Å²) < 4.78 is 0.963. The zero-order chi connectivity index (χ0) is 25.8. The Balaban J connectivity index is 1.67. The molecule has 182 valence electrons. The monoisotopic (exact) mass is 572 g/mol. The molecule has 0 saturated carbocycles. The number of carbonyl (C=O) groups is 1. The normalized spacial score (nSPS) is 11.7. The molecule has 1 aromatic heterocycles. The fraction of sp³-hybridized carbons (Fsp3) is 0.115. The highest BCUT2D eigenvalue weighted by Gasteiger charge is 2.19. The van der Waals surface area contributed by atoms with Gasteiger partial charge in [-0.25, -0.2) is 4.98 Å². The quantitative estimate of drug-likeness (QED) is 0.217. The van der Waals surface area contributed by atoms with Crippen LogP contribution in [0.25, 0.3) is 15.8 Å². The van der Waals surface area contributed by atoms with Gasteiger partial charge in [-0.2, -0.15) is 5.26 Å². The van der Waals surface area contributed by atoms with Crippen molar-refractivity contribution in [2.45, 2.75) is 13.8 Å². The molecule has 4 rings (SSSR count). The van der Waals surface area contributed by atoms with E-state index in [4.69, 9.17) is 34.8 Å². The molecule has 0 unspecified atom stereocenters. The molecule has 4 aromatic rings. The number of allylic oxidation sites excluding steroid dienone is 1. The number of nitriles is 1. The molecule has 0 radical (unpaired) electrons. The first-order valence-electron chi connectivity index (χ1n) is 10.7. The molecular formula is C26H19Cl3N4OS2. The third-order valence-corrected chi connectivity index (χ3v) is 8.53. The van der Waals surface area contributed by atoms with Crippen molar-refractivity contribution in [3.63, 3.8) is 0 Å². The molecule has 36 heavy (non-hydrogen) atoms. The summed E-state index contributed by atoms with van der Waals surface area (Å²) in [5.74, 6) is -0.323. The van der Waals surface area contributed by atoms with Gasteiger partial charge in [-0.1, -0.05) is 70.8 Å². The highest BCUT2D eigenvalue weighted by molar-refractivity contribution is 8.04. The van der Waals surface area contributed by atoms with Gasteiger partial charge < -0.3 is 10.6 Å². The van der Waals surface area contributed by atoms with Crippen LogP contribution in [0.1, 0.15) is 16.1 Å².